The highest BCUT2D eigenvalue weighted by molar-refractivity contribution is 5.27. The Morgan fingerprint density at radius 3 is 2.94 bits per heavy atom. The van der Waals surface area contributed by atoms with E-state index in [1.807, 2.05) is 12.4 Å². The zero-order valence-electron chi connectivity index (χ0n) is 10.7. The van der Waals surface area contributed by atoms with Gasteiger partial charge in [-0.05, 0) is 33.0 Å². The number of nitrogens with zero attached hydrogens (tertiary/aromatic N) is 3. The van der Waals surface area contributed by atoms with Gasteiger partial charge in [-0.1, -0.05) is 0 Å². The first kappa shape index (κ1) is 12.4. The van der Waals surface area contributed by atoms with Crippen molar-refractivity contribution in [3.8, 4) is 0 Å². The van der Waals surface area contributed by atoms with Crippen LogP contribution in [-0.2, 0) is 11.3 Å². The first-order chi connectivity index (χ1) is 8.29. The molecule has 1 N–H and O–H groups in total. The highest BCUT2D eigenvalue weighted by Crippen LogP contribution is 2.14. The topological polar surface area (TPSA) is 42.3 Å². The van der Waals surface area contributed by atoms with E-state index in [2.05, 4.69) is 26.8 Å². The zero-order valence-corrected chi connectivity index (χ0v) is 10.7. The standard InChI is InChI=1S/C12H22N4O/c1-15-6-3-11(4-7-15)14-12-13-5-8-16(12)9-10-17-2/h5,8,11H,3-4,6-7,9-10H2,1-2H3,(H,13,14). The Bertz CT molecular complexity index is 331. The molecule has 5 heteroatoms. The zero-order chi connectivity index (χ0) is 12.1. The molecule has 0 saturated carbocycles. The van der Waals surface area contributed by atoms with E-state index in [-0.39, 0.29) is 0 Å². The van der Waals surface area contributed by atoms with Gasteiger partial charge in [0, 0.05) is 32.1 Å². The lowest BCUT2D eigenvalue weighted by Gasteiger charge is -2.29. The van der Waals surface area contributed by atoms with Gasteiger partial charge in [0.1, 0.15) is 0 Å². The number of rotatable bonds is 5. The van der Waals surface area contributed by atoms with Crippen molar-refractivity contribution in [2.24, 2.45) is 0 Å². The number of likely N-dealkylation sites (tertiary alicyclic amines) is 1. The molecule has 0 spiro atoms. The van der Waals surface area contributed by atoms with Gasteiger partial charge < -0.3 is 19.5 Å². The largest absolute Gasteiger partial charge is 0.383 e. The number of hydrogen-bond donors (Lipinski definition) is 1. The number of imidazole rings is 1. The van der Waals surface area contributed by atoms with E-state index < -0.39 is 0 Å². The van der Waals surface area contributed by atoms with Crippen LogP contribution in [0.5, 0.6) is 0 Å². The summed E-state index contributed by atoms with van der Waals surface area (Å²) >= 11 is 0. The number of methoxy groups -OCH3 is 1. The van der Waals surface area contributed by atoms with Crippen molar-refractivity contribution in [2.45, 2.75) is 25.4 Å². The Kier molecular flexibility index (Phi) is 4.39. The second-order valence-electron chi connectivity index (χ2n) is 4.66. The van der Waals surface area contributed by atoms with Crippen molar-refractivity contribution in [1.82, 2.24) is 14.5 Å². The first-order valence-electron chi connectivity index (χ1n) is 6.24. The third kappa shape index (κ3) is 3.44. The number of aromatic nitrogens is 2. The van der Waals surface area contributed by atoms with Gasteiger partial charge >= 0.3 is 0 Å². The molecule has 0 amide bonds. The SMILES string of the molecule is COCCn1ccnc1NC1CCN(C)CC1. The summed E-state index contributed by atoms with van der Waals surface area (Å²) in [5, 5.41) is 3.53. The number of hydrogen-bond acceptors (Lipinski definition) is 4. The van der Waals surface area contributed by atoms with Gasteiger partial charge in [-0.25, -0.2) is 4.98 Å². The van der Waals surface area contributed by atoms with Crippen molar-refractivity contribution < 1.29 is 4.74 Å². The minimum atomic E-state index is 0.551. The summed E-state index contributed by atoms with van der Waals surface area (Å²) < 4.78 is 7.20. The summed E-state index contributed by atoms with van der Waals surface area (Å²) in [5.74, 6) is 0.969. The van der Waals surface area contributed by atoms with Crippen LogP contribution in [0.1, 0.15) is 12.8 Å². The summed E-state index contributed by atoms with van der Waals surface area (Å²) in [7, 11) is 3.90. The van der Waals surface area contributed by atoms with Crippen LogP contribution in [-0.4, -0.2) is 54.3 Å². The molecule has 1 aromatic heterocycles. The van der Waals surface area contributed by atoms with Crippen LogP contribution in [0.25, 0.3) is 0 Å². The lowest BCUT2D eigenvalue weighted by atomic mass is 10.1. The van der Waals surface area contributed by atoms with E-state index in [1.54, 1.807) is 7.11 Å². The van der Waals surface area contributed by atoms with Crippen molar-refractivity contribution >= 4 is 5.95 Å². The van der Waals surface area contributed by atoms with E-state index in [9.17, 15) is 0 Å². The van der Waals surface area contributed by atoms with Gasteiger partial charge in [0.25, 0.3) is 0 Å². The van der Waals surface area contributed by atoms with Crippen LogP contribution in [0.15, 0.2) is 12.4 Å². The Labute approximate surface area is 103 Å². The summed E-state index contributed by atoms with van der Waals surface area (Å²) in [5.41, 5.74) is 0. The number of piperidine rings is 1. The van der Waals surface area contributed by atoms with Crippen molar-refractivity contribution in [2.75, 3.05) is 39.2 Å². The smallest absolute Gasteiger partial charge is 0.203 e. The Morgan fingerprint density at radius 2 is 2.24 bits per heavy atom. The summed E-state index contributed by atoms with van der Waals surface area (Å²) in [6.07, 6.45) is 6.21. The first-order valence-corrected chi connectivity index (χ1v) is 6.24. The third-order valence-corrected chi connectivity index (χ3v) is 3.30. The average molecular weight is 238 g/mol. The molecular weight excluding hydrogens is 216 g/mol. The molecule has 1 aliphatic rings. The molecule has 2 heterocycles. The fourth-order valence-electron chi connectivity index (χ4n) is 2.15. The van der Waals surface area contributed by atoms with E-state index in [0.717, 1.165) is 32.2 Å². The van der Waals surface area contributed by atoms with Crippen molar-refractivity contribution in [3.63, 3.8) is 0 Å². The maximum atomic E-state index is 5.09. The summed E-state index contributed by atoms with van der Waals surface area (Å²) in [4.78, 5) is 6.74. The normalized spacial score (nSPS) is 18.5. The summed E-state index contributed by atoms with van der Waals surface area (Å²) in [6, 6.07) is 0.551. The van der Waals surface area contributed by atoms with E-state index >= 15 is 0 Å². The lowest BCUT2D eigenvalue weighted by molar-refractivity contribution is 0.187. The third-order valence-electron chi connectivity index (χ3n) is 3.30. The second-order valence-corrected chi connectivity index (χ2v) is 4.66. The van der Waals surface area contributed by atoms with Gasteiger partial charge in [-0.15, -0.1) is 0 Å². The second kappa shape index (κ2) is 6.02. The quantitative estimate of drug-likeness (QED) is 0.832. The molecular formula is C12H22N4O. The predicted molar refractivity (Wildman–Crippen MR) is 68.2 cm³/mol. The predicted octanol–water partition coefficient (Wildman–Crippen LogP) is 1.04. The molecule has 0 radical (unpaired) electrons. The molecule has 0 atom stereocenters. The van der Waals surface area contributed by atoms with Crippen LogP contribution in [0.2, 0.25) is 0 Å². The van der Waals surface area contributed by atoms with Gasteiger partial charge in [0.05, 0.1) is 6.61 Å². The highest BCUT2D eigenvalue weighted by Gasteiger charge is 2.17. The molecule has 5 nitrogen and oxygen atoms in total. The van der Waals surface area contributed by atoms with E-state index in [4.69, 9.17) is 4.74 Å². The molecule has 0 bridgehead atoms. The molecule has 2 rings (SSSR count). The number of anilines is 1. The fraction of sp³-hybridized carbons (Fsp3) is 0.750. The molecule has 0 aromatic carbocycles. The van der Waals surface area contributed by atoms with Crippen LogP contribution < -0.4 is 5.32 Å². The average Bonchev–Trinajstić information content (AvgIpc) is 2.77. The highest BCUT2D eigenvalue weighted by atomic mass is 16.5. The van der Waals surface area contributed by atoms with Crippen LogP contribution in [0, 0.1) is 0 Å². The molecule has 17 heavy (non-hydrogen) atoms. The molecule has 1 aromatic rings. The van der Waals surface area contributed by atoms with E-state index in [1.165, 1.54) is 12.8 Å². The van der Waals surface area contributed by atoms with Crippen molar-refractivity contribution in [1.29, 1.82) is 0 Å². The molecule has 96 valence electrons. The van der Waals surface area contributed by atoms with E-state index in [0.29, 0.717) is 6.04 Å². The molecule has 1 saturated heterocycles. The monoisotopic (exact) mass is 238 g/mol. The minimum Gasteiger partial charge on any atom is -0.383 e. The van der Waals surface area contributed by atoms with Gasteiger partial charge in [0.15, 0.2) is 0 Å². The minimum absolute atomic E-state index is 0.551. The number of nitrogens with one attached hydrogen (secondary N) is 1. The maximum absolute atomic E-state index is 5.09. The van der Waals surface area contributed by atoms with Gasteiger partial charge in [-0.2, -0.15) is 0 Å². The molecule has 1 aliphatic heterocycles. The summed E-state index contributed by atoms with van der Waals surface area (Å²) in [6.45, 7) is 3.90. The van der Waals surface area contributed by atoms with Gasteiger partial charge in [-0.3, -0.25) is 0 Å². The molecule has 0 unspecified atom stereocenters. The van der Waals surface area contributed by atoms with Crippen molar-refractivity contribution in [3.05, 3.63) is 12.4 Å². The van der Waals surface area contributed by atoms with Crippen LogP contribution >= 0.6 is 0 Å². The molecule has 0 aliphatic carbocycles. The fourth-order valence-corrected chi connectivity index (χ4v) is 2.15. The maximum Gasteiger partial charge on any atom is 0.203 e. The lowest BCUT2D eigenvalue weighted by Crippen LogP contribution is -2.37. The molecule has 1 fully saturated rings. The van der Waals surface area contributed by atoms with Gasteiger partial charge in [0.2, 0.25) is 5.95 Å². The van der Waals surface area contributed by atoms with Crippen LogP contribution in [0.3, 0.4) is 0 Å². The Balaban J connectivity index is 1.87. The number of ether oxygens (including phenoxy) is 1. The Hall–Kier alpha value is -1.07. The Morgan fingerprint density at radius 1 is 1.47 bits per heavy atom. The van der Waals surface area contributed by atoms with Crippen LogP contribution in [0.4, 0.5) is 5.95 Å².